The topological polar surface area (TPSA) is 55.1 Å². The molecule has 0 bridgehead atoms. The van der Waals surface area contributed by atoms with E-state index in [-0.39, 0.29) is 0 Å². The lowest BCUT2D eigenvalue weighted by atomic mass is 10.1. The van der Waals surface area contributed by atoms with Crippen molar-refractivity contribution in [1.29, 1.82) is 0 Å². The molecule has 16 heavy (non-hydrogen) atoms. The van der Waals surface area contributed by atoms with Crippen LogP contribution in [-0.2, 0) is 6.42 Å². The Morgan fingerprint density at radius 1 is 1.56 bits per heavy atom. The Labute approximate surface area is 101 Å². The zero-order chi connectivity index (χ0) is 11.0. The average Bonchev–Trinajstić information content (AvgIpc) is 2.86. The van der Waals surface area contributed by atoms with Gasteiger partial charge >= 0.3 is 0 Å². The molecule has 2 aromatic heterocycles. The Morgan fingerprint density at radius 2 is 2.50 bits per heavy atom. The van der Waals surface area contributed by atoms with Gasteiger partial charge in [-0.25, -0.2) is 9.50 Å². The van der Waals surface area contributed by atoms with E-state index in [9.17, 15) is 0 Å². The van der Waals surface area contributed by atoms with Crippen LogP contribution in [0.2, 0.25) is 0 Å². The van der Waals surface area contributed by atoms with Gasteiger partial charge in [-0.05, 0) is 35.3 Å². The Kier molecular flexibility index (Phi) is 2.61. The van der Waals surface area contributed by atoms with Crippen LogP contribution in [0.3, 0.4) is 0 Å². The van der Waals surface area contributed by atoms with E-state index in [0.717, 1.165) is 23.3 Å². The molecule has 3 heterocycles. The Bertz CT molecular complexity index is 503. The third-order valence-corrected chi connectivity index (χ3v) is 3.21. The maximum Gasteiger partial charge on any atom is 0.252 e. The van der Waals surface area contributed by atoms with Gasteiger partial charge in [-0.3, -0.25) is 0 Å². The van der Waals surface area contributed by atoms with Crippen LogP contribution in [0.4, 0.5) is 0 Å². The summed E-state index contributed by atoms with van der Waals surface area (Å²) in [6, 6.07) is 0.529. The number of halogens is 1. The molecule has 1 aliphatic rings. The maximum absolute atomic E-state index is 4.41. The summed E-state index contributed by atoms with van der Waals surface area (Å²) in [7, 11) is 0. The first-order valence-electron chi connectivity index (χ1n) is 5.41. The van der Waals surface area contributed by atoms with Gasteiger partial charge in [0.15, 0.2) is 5.82 Å². The van der Waals surface area contributed by atoms with E-state index in [0.29, 0.717) is 11.8 Å². The van der Waals surface area contributed by atoms with E-state index in [1.807, 2.05) is 6.20 Å². The lowest BCUT2D eigenvalue weighted by Crippen LogP contribution is -2.24. The van der Waals surface area contributed by atoms with E-state index in [1.165, 1.54) is 12.8 Å². The first kappa shape index (κ1) is 10.2. The minimum atomic E-state index is 0.529. The Hall–Kier alpha value is -1.01. The number of nitrogens with zero attached hydrogens (tertiary/aromatic N) is 4. The van der Waals surface area contributed by atoms with E-state index in [4.69, 9.17) is 0 Å². The van der Waals surface area contributed by atoms with Crippen LogP contribution >= 0.6 is 15.9 Å². The molecule has 1 saturated heterocycles. The van der Waals surface area contributed by atoms with Gasteiger partial charge in [-0.15, -0.1) is 5.10 Å². The first-order chi connectivity index (χ1) is 7.81. The van der Waals surface area contributed by atoms with Gasteiger partial charge in [0.1, 0.15) is 0 Å². The molecule has 6 heteroatoms. The van der Waals surface area contributed by atoms with Crippen molar-refractivity contribution in [1.82, 2.24) is 24.9 Å². The molecular weight excluding hydrogens is 270 g/mol. The molecule has 84 valence electrons. The monoisotopic (exact) mass is 281 g/mol. The zero-order valence-electron chi connectivity index (χ0n) is 8.73. The van der Waals surface area contributed by atoms with Crippen molar-refractivity contribution in [3.8, 4) is 0 Å². The largest absolute Gasteiger partial charge is 0.314 e. The lowest BCUT2D eigenvalue weighted by Gasteiger charge is -2.05. The van der Waals surface area contributed by atoms with Crippen molar-refractivity contribution >= 4 is 21.7 Å². The number of fused-ring (bicyclic) bond motifs is 1. The number of hydrogen-bond donors (Lipinski definition) is 1. The SMILES string of the molecule is Brc1cnc2nc(CC3CCCN3)nn2c1. The summed E-state index contributed by atoms with van der Waals surface area (Å²) in [6.45, 7) is 1.11. The van der Waals surface area contributed by atoms with Crippen molar-refractivity contribution in [2.24, 2.45) is 0 Å². The van der Waals surface area contributed by atoms with E-state index in [1.54, 1.807) is 10.7 Å². The quantitative estimate of drug-likeness (QED) is 0.898. The molecule has 0 aromatic carbocycles. The third kappa shape index (κ3) is 1.94. The molecule has 0 amide bonds. The summed E-state index contributed by atoms with van der Waals surface area (Å²) in [5.41, 5.74) is 0. The fourth-order valence-corrected chi connectivity index (χ4v) is 2.34. The molecule has 0 radical (unpaired) electrons. The Balaban J connectivity index is 1.86. The number of aromatic nitrogens is 4. The zero-order valence-corrected chi connectivity index (χ0v) is 10.3. The molecule has 1 fully saturated rings. The molecule has 5 nitrogen and oxygen atoms in total. The van der Waals surface area contributed by atoms with Crippen LogP contribution in [0, 0.1) is 0 Å². The average molecular weight is 282 g/mol. The summed E-state index contributed by atoms with van der Waals surface area (Å²) < 4.78 is 2.63. The van der Waals surface area contributed by atoms with Crippen LogP contribution in [-0.4, -0.2) is 32.2 Å². The third-order valence-electron chi connectivity index (χ3n) is 2.80. The predicted octanol–water partition coefficient (Wildman–Crippen LogP) is 1.18. The van der Waals surface area contributed by atoms with Gasteiger partial charge in [0, 0.05) is 24.9 Å². The van der Waals surface area contributed by atoms with Gasteiger partial charge in [-0.2, -0.15) is 4.98 Å². The number of nitrogens with one attached hydrogen (secondary N) is 1. The molecular formula is C10H12BrN5. The van der Waals surface area contributed by atoms with Crippen molar-refractivity contribution < 1.29 is 0 Å². The molecule has 1 unspecified atom stereocenters. The maximum atomic E-state index is 4.41. The minimum Gasteiger partial charge on any atom is -0.314 e. The highest BCUT2D eigenvalue weighted by atomic mass is 79.9. The fourth-order valence-electron chi connectivity index (χ4n) is 2.04. The predicted molar refractivity (Wildman–Crippen MR) is 63.2 cm³/mol. The molecule has 0 saturated carbocycles. The van der Waals surface area contributed by atoms with Gasteiger partial charge < -0.3 is 5.32 Å². The molecule has 3 rings (SSSR count). The molecule has 2 aromatic rings. The molecule has 0 aliphatic carbocycles. The summed E-state index contributed by atoms with van der Waals surface area (Å²) in [5.74, 6) is 1.53. The van der Waals surface area contributed by atoms with Crippen LogP contribution in [0.1, 0.15) is 18.7 Å². The Morgan fingerprint density at radius 3 is 3.31 bits per heavy atom. The van der Waals surface area contributed by atoms with Gasteiger partial charge in [0.25, 0.3) is 5.78 Å². The molecule has 1 aliphatic heterocycles. The van der Waals surface area contributed by atoms with Crippen molar-refractivity contribution in [3.05, 3.63) is 22.7 Å². The highest BCUT2D eigenvalue weighted by Gasteiger charge is 2.17. The van der Waals surface area contributed by atoms with E-state index in [2.05, 4.69) is 36.3 Å². The highest BCUT2D eigenvalue weighted by Crippen LogP contribution is 2.11. The van der Waals surface area contributed by atoms with Crippen molar-refractivity contribution in [2.45, 2.75) is 25.3 Å². The van der Waals surface area contributed by atoms with E-state index < -0.39 is 0 Å². The summed E-state index contributed by atoms with van der Waals surface area (Å²) in [4.78, 5) is 8.60. The van der Waals surface area contributed by atoms with Gasteiger partial charge in [0.2, 0.25) is 0 Å². The summed E-state index contributed by atoms with van der Waals surface area (Å²) >= 11 is 3.37. The molecule has 0 spiro atoms. The number of hydrogen-bond acceptors (Lipinski definition) is 4. The minimum absolute atomic E-state index is 0.529. The summed E-state index contributed by atoms with van der Waals surface area (Å²) in [5, 5.41) is 7.85. The first-order valence-corrected chi connectivity index (χ1v) is 6.21. The van der Waals surface area contributed by atoms with Crippen LogP contribution < -0.4 is 5.32 Å². The van der Waals surface area contributed by atoms with E-state index >= 15 is 0 Å². The van der Waals surface area contributed by atoms with Gasteiger partial charge in [-0.1, -0.05) is 0 Å². The normalized spacial score (nSPS) is 20.7. The highest BCUT2D eigenvalue weighted by molar-refractivity contribution is 9.10. The van der Waals surface area contributed by atoms with Crippen LogP contribution in [0.5, 0.6) is 0 Å². The standard InChI is InChI=1S/C10H12BrN5/c11-7-5-13-10-14-9(15-16(10)6-7)4-8-2-1-3-12-8/h5-6,8,12H,1-4H2. The second-order valence-electron chi connectivity index (χ2n) is 4.04. The summed E-state index contributed by atoms with van der Waals surface area (Å²) in [6.07, 6.45) is 6.97. The molecule has 1 N–H and O–H groups in total. The van der Waals surface area contributed by atoms with Crippen LogP contribution in [0.15, 0.2) is 16.9 Å². The smallest absolute Gasteiger partial charge is 0.252 e. The van der Waals surface area contributed by atoms with Gasteiger partial charge in [0.05, 0.1) is 4.47 Å². The van der Waals surface area contributed by atoms with Crippen molar-refractivity contribution in [3.63, 3.8) is 0 Å². The lowest BCUT2D eigenvalue weighted by molar-refractivity contribution is 0.585. The second kappa shape index (κ2) is 4.10. The molecule has 1 atom stereocenters. The second-order valence-corrected chi connectivity index (χ2v) is 4.96. The number of rotatable bonds is 2. The fraction of sp³-hybridized carbons (Fsp3) is 0.500. The van der Waals surface area contributed by atoms with Crippen molar-refractivity contribution in [2.75, 3.05) is 6.54 Å². The van der Waals surface area contributed by atoms with Crippen LogP contribution in [0.25, 0.3) is 5.78 Å².